The average Bonchev–Trinajstić information content (AvgIpc) is 2.69. The van der Waals surface area contributed by atoms with Gasteiger partial charge in [-0.15, -0.1) is 0 Å². The fraction of sp³-hybridized carbons (Fsp3) is 0.429. The van der Waals surface area contributed by atoms with Crippen LogP contribution in [0.4, 0.5) is 26.3 Å². The van der Waals surface area contributed by atoms with Crippen LogP contribution in [0.2, 0.25) is 5.02 Å². The van der Waals surface area contributed by atoms with Crippen LogP contribution in [0.25, 0.3) is 0 Å². The van der Waals surface area contributed by atoms with Crippen LogP contribution < -0.4 is 4.74 Å². The number of hydrogen-bond donors (Lipinski definition) is 1. The Balaban J connectivity index is 2.60. The van der Waals surface area contributed by atoms with E-state index in [1.165, 1.54) is 18.2 Å². The molecule has 0 atom stereocenters. The molecule has 11 heteroatoms. The number of aliphatic hydroxyl groups excluding tert-OH is 1. The minimum absolute atomic E-state index is 0.0619. The number of hydrogen-bond acceptors (Lipinski definition) is 4. The fourth-order valence-corrected chi connectivity index (χ4v) is 3.29. The van der Waals surface area contributed by atoms with Gasteiger partial charge in [0.2, 0.25) is 0 Å². The molecule has 2 aromatic carbocycles. The first-order valence-corrected chi connectivity index (χ1v) is 9.76. The van der Waals surface area contributed by atoms with Crippen LogP contribution in [0.3, 0.4) is 0 Å². The maximum atomic E-state index is 13.8. The third kappa shape index (κ3) is 5.31. The number of halogens is 7. The highest BCUT2D eigenvalue weighted by Gasteiger charge is 2.73. The fourth-order valence-electron chi connectivity index (χ4n) is 3.11. The Kier molecular flexibility index (Phi) is 8.44. The molecule has 0 saturated heterocycles. The van der Waals surface area contributed by atoms with E-state index >= 15 is 0 Å². The van der Waals surface area contributed by atoms with E-state index in [4.69, 9.17) is 16.3 Å². The molecule has 32 heavy (non-hydrogen) atoms. The lowest BCUT2D eigenvalue weighted by Crippen LogP contribution is -2.56. The standard InChI is InChI=1S/C21H21ClF6O4/c1-3-4-13-9-15(19(20(23,24)25,21(26,27)28)31-12-30-2)5-8-18(13)32-16-6-7-17(22)14(10-16)11-29/h5-10,29H,3-4,11-12H2,1-2H3. The van der Waals surface area contributed by atoms with Crippen LogP contribution in [0, 0.1) is 0 Å². The maximum Gasteiger partial charge on any atom is 0.430 e. The van der Waals surface area contributed by atoms with E-state index < -0.39 is 30.3 Å². The summed E-state index contributed by atoms with van der Waals surface area (Å²) in [5, 5.41) is 9.60. The predicted octanol–water partition coefficient (Wildman–Crippen LogP) is 6.52. The first-order valence-electron chi connectivity index (χ1n) is 9.38. The molecule has 0 saturated carbocycles. The second-order valence-electron chi connectivity index (χ2n) is 6.81. The maximum absolute atomic E-state index is 13.8. The van der Waals surface area contributed by atoms with Gasteiger partial charge in [-0.25, -0.2) is 0 Å². The summed E-state index contributed by atoms with van der Waals surface area (Å²) in [5.41, 5.74) is -5.26. The summed E-state index contributed by atoms with van der Waals surface area (Å²) in [6, 6.07) is 6.79. The zero-order valence-corrected chi connectivity index (χ0v) is 17.9. The molecule has 0 amide bonds. The van der Waals surface area contributed by atoms with Crippen molar-refractivity contribution in [2.75, 3.05) is 13.9 Å². The second-order valence-corrected chi connectivity index (χ2v) is 7.22. The van der Waals surface area contributed by atoms with E-state index in [9.17, 15) is 31.4 Å². The van der Waals surface area contributed by atoms with Gasteiger partial charge >= 0.3 is 12.4 Å². The van der Waals surface area contributed by atoms with Gasteiger partial charge in [0.25, 0.3) is 5.60 Å². The Morgan fingerprint density at radius 2 is 1.59 bits per heavy atom. The number of aliphatic hydroxyl groups is 1. The SMILES string of the molecule is CCCc1cc(C(OCOC)(C(F)(F)F)C(F)(F)F)ccc1Oc1ccc(Cl)c(CO)c1. The van der Waals surface area contributed by atoms with Crippen LogP contribution in [-0.2, 0) is 28.1 Å². The van der Waals surface area contributed by atoms with Crippen molar-refractivity contribution < 1.29 is 45.7 Å². The first-order chi connectivity index (χ1) is 14.9. The molecule has 0 bridgehead atoms. The van der Waals surface area contributed by atoms with Crippen molar-refractivity contribution in [1.29, 1.82) is 0 Å². The normalized spacial score (nSPS) is 12.8. The molecule has 0 radical (unpaired) electrons. The minimum Gasteiger partial charge on any atom is -0.457 e. The quantitative estimate of drug-likeness (QED) is 0.324. The summed E-state index contributed by atoms with van der Waals surface area (Å²) >= 11 is 5.93. The molecule has 0 aliphatic heterocycles. The molecule has 0 aromatic heterocycles. The van der Waals surface area contributed by atoms with E-state index in [1.807, 2.05) is 0 Å². The van der Waals surface area contributed by atoms with Crippen molar-refractivity contribution in [3.63, 3.8) is 0 Å². The lowest BCUT2D eigenvalue weighted by atomic mass is 9.89. The molecule has 0 spiro atoms. The van der Waals surface area contributed by atoms with E-state index in [-0.39, 0.29) is 35.1 Å². The van der Waals surface area contributed by atoms with Crippen LogP contribution in [0.5, 0.6) is 11.5 Å². The molecule has 0 heterocycles. The van der Waals surface area contributed by atoms with Gasteiger partial charge in [0.05, 0.1) is 6.61 Å². The number of ether oxygens (including phenoxy) is 3. The minimum atomic E-state index is -5.82. The van der Waals surface area contributed by atoms with Crippen LogP contribution in [0.1, 0.15) is 30.0 Å². The van der Waals surface area contributed by atoms with Gasteiger partial charge in [0.15, 0.2) is 0 Å². The van der Waals surface area contributed by atoms with E-state index in [1.54, 1.807) is 6.92 Å². The molecular weight excluding hydrogens is 466 g/mol. The summed E-state index contributed by atoms with van der Waals surface area (Å²) in [7, 11) is 0.920. The Hall–Kier alpha value is -2.01. The van der Waals surface area contributed by atoms with E-state index in [0.717, 1.165) is 19.2 Å². The molecular formula is C21H21ClF6O4. The molecule has 0 aliphatic carbocycles. The smallest absolute Gasteiger partial charge is 0.430 e. The molecule has 1 N–H and O–H groups in total. The largest absolute Gasteiger partial charge is 0.457 e. The van der Waals surface area contributed by atoms with Gasteiger partial charge in [0.1, 0.15) is 18.3 Å². The second kappa shape index (κ2) is 10.3. The van der Waals surface area contributed by atoms with Crippen molar-refractivity contribution >= 4 is 11.6 Å². The topological polar surface area (TPSA) is 47.9 Å². The lowest BCUT2D eigenvalue weighted by Gasteiger charge is -2.37. The number of methoxy groups -OCH3 is 1. The summed E-state index contributed by atoms with van der Waals surface area (Å²) < 4.78 is 97.1. The number of aryl methyl sites for hydroxylation is 1. The molecule has 2 rings (SSSR count). The lowest BCUT2D eigenvalue weighted by molar-refractivity contribution is -0.400. The van der Waals surface area contributed by atoms with Gasteiger partial charge in [-0.05, 0) is 47.9 Å². The Morgan fingerprint density at radius 1 is 0.938 bits per heavy atom. The molecule has 2 aromatic rings. The summed E-state index contributed by atoms with van der Waals surface area (Å²) in [5.74, 6) is 0.267. The van der Waals surface area contributed by atoms with Gasteiger partial charge in [-0.3, -0.25) is 0 Å². The summed E-state index contributed by atoms with van der Waals surface area (Å²) in [6.07, 6.45) is -11.1. The van der Waals surface area contributed by atoms with Gasteiger partial charge in [-0.2, -0.15) is 26.3 Å². The zero-order chi connectivity index (χ0) is 24.2. The van der Waals surface area contributed by atoms with Crippen LogP contribution in [-0.4, -0.2) is 31.4 Å². The Bertz CT molecular complexity index is 900. The van der Waals surface area contributed by atoms with Crippen molar-refractivity contribution in [2.45, 2.75) is 44.3 Å². The highest BCUT2D eigenvalue weighted by Crippen LogP contribution is 2.53. The number of rotatable bonds is 9. The number of benzene rings is 2. The Morgan fingerprint density at radius 3 is 2.12 bits per heavy atom. The predicted molar refractivity (Wildman–Crippen MR) is 105 cm³/mol. The molecule has 0 aliphatic rings. The van der Waals surface area contributed by atoms with Crippen molar-refractivity contribution in [3.8, 4) is 11.5 Å². The molecule has 4 nitrogen and oxygen atoms in total. The summed E-state index contributed by atoms with van der Waals surface area (Å²) in [4.78, 5) is 0. The van der Waals surface area contributed by atoms with Gasteiger partial charge in [0, 0.05) is 17.7 Å². The first kappa shape index (κ1) is 26.2. The monoisotopic (exact) mass is 486 g/mol. The third-order valence-electron chi connectivity index (χ3n) is 4.59. The van der Waals surface area contributed by atoms with E-state index in [0.29, 0.717) is 18.1 Å². The van der Waals surface area contributed by atoms with Crippen molar-refractivity contribution in [2.24, 2.45) is 0 Å². The van der Waals surface area contributed by atoms with Crippen molar-refractivity contribution in [1.82, 2.24) is 0 Å². The zero-order valence-electron chi connectivity index (χ0n) is 17.1. The Labute approximate surface area is 185 Å². The highest BCUT2D eigenvalue weighted by atomic mass is 35.5. The van der Waals surface area contributed by atoms with Crippen molar-refractivity contribution in [3.05, 3.63) is 58.1 Å². The van der Waals surface area contributed by atoms with Crippen LogP contribution in [0.15, 0.2) is 36.4 Å². The van der Waals surface area contributed by atoms with E-state index in [2.05, 4.69) is 9.47 Å². The number of alkyl halides is 6. The highest BCUT2D eigenvalue weighted by molar-refractivity contribution is 6.31. The third-order valence-corrected chi connectivity index (χ3v) is 4.96. The van der Waals surface area contributed by atoms with Gasteiger partial charge in [-0.1, -0.05) is 31.0 Å². The molecule has 178 valence electrons. The van der Waals surface area contributed by atoms with Gasteiger partial charge < -0.3 is 19.3 Å². The molecule has 0 fully saturated rings. The average molecular weight is 487 g/mol. The van der Waals surface area contributed by atoms with Crippen LogP contribution >= 0.6 is 11.6 Å². The summed E-state index contributed by atoms with van der Waals surface area (Å²) in [6.45, 7) is 0.104. The molecule has 0 unspecified atom stereocenters.